The molecule has 0 saturated carbocycles. The fourth-order valence-corrected chi connectivity index (χ4v) is 2.05. The van der Waals surface area contributed by atoms with Gasteiger partial charge in [0, 0.05) is 23.6 Å². The van der Waals surface area contributed by atoms with Gasteiger partial charge >= 0.3 is 0 Å². The highest BCUT2D eigenvalue weighted by Crippen LogP contribution is 2.27. The number of rotatable bonds is 1. The molecule has 0 saturated heterocycles. The Hall–Kier alpha value is -2.36. The zero-order chi connectivity index (χ0) is 12.7. The quantitative estimate of drug-likeness (QED) is 0.665. The molecule has 90 valence electrons. The van der Waals surface area contributed by atoms with Gasteiger partial charge < -0.3 is 5.73 Å². The predicted octanol–water partition coefficient (Wildman–Crippen LogP) is 3.03. The molecule has 0 unspecified atom stereocenters. The van der Waals surface area contributed by atoms with E-state index in [1.54, 1.807) is 25.4 Å². The van der Waals surface area contributed by atoms with Gasteiger partial charge in [-0.1, -0.05) is 6.07 Å². The van der Waals surface area contributed by atoms with Gasteiger partial charge in [0.1, 0.15) is 11.5 Å². The van der Waals surface area contributed by atoms with Crippen LogP contribution >= 0.6 is 0 Å². The second-order valence-electron chi connectivity index (χ2n) is 4.26. The Balaban J connectivity index is 2.32. The molecule has 0 radical (unpaired) electrons. The summed E-state index contributed by atoms with van der Waals surface area (Å²) in [6.45, 7) is 1.79. The van der Waals surface area contributed by atoms with E-state index in [0.717, 1.165) is 16.9 Å². The average Bonchev–Trinajstić information content (AvgIpc) is 2.82. The number of nitrogens with zero attached hydrogens (tertiary/aromatic N) is 2. The molecule has 0 aliphatic carbocycles. The van der Waals surface area contributed by atoms with E-state index >= 15 is 0 Å². The molecule has 2 aromatic heterocycles. The van der Waals surface area contributed by atoms with Gasteiger partial charge in [-0.25, -0.2) is 9.37 Å². The van der Waals surface area contributed by atoms with Crippen LogP contribution in [0.4, 0.5) is 10.1 Å². The van der Waals surface area contributed by atoms with Crippen molar-refractivity contribution < 1.29 is 4.39 Å². The normalized spacial score (nSPS) is 11.0. The lowest BCUT2D eigenvalue weighted by atomic mass is 10.1. The van der Waals surface area contributed by atoms with Gasteiger partial charge in [0.2, 0.25) is 0 Å². The van der Waals surface area contributed by atoms with Crippen LogP contribution in [-0.4, -0.2) is 9.38 Å². The summed E-state index contributed by atoms with van der Waals surface area (Å²) in [6, 6.07) is 8.70. The van der Waals surface area contributed by atoms with Crippen molar-refractivity contribution in [3.63, 3.8) is 0 Å². The molecule has 3 rings (SSSR count). The molecule has 4 heteroatoms. The van der Waals surface area contributed by atoms with Crippen LogP contribution in [0, 0.1) is 12.7 Å². The lowest BCUT2D eigenvalue weighted by Gasteiger charge is -2.09. The second kappa shape index (κ2) is 3.84. The Bertz CT molecular complexity index is 731. The van der Waals surface area contributed by atoms with Gasteiger partial charge in [-0.05, 0) is 36.8 Å². The molecule has 1 aromatic carbocycles. The Labute approximate surface area is 104 Å². The van der Waals surface area contributed by atoms with E-state index in [0.29, 0.717) is 11.3 Å². The number of anilines is 1. The maximum Gasteiger partial charge on any atom is 0.137 e. The van der Waals surface area contributed by atoms with Crippen LogP contribution in [0.25, 0.3) is 16.9 Å². The lowest BCUT2D eigenvalue weighted by molar-refractivity contribution is 0.629. The van der Waals surface area contributed by atoms with Crippen molar-refractivity contribution in [2.45, 2.75) is 6.92 Å². The number of aromatic nitrogens is 2. The molecular formula is C14H12FN3. The number of nitrogens with two attached hydrogens (primary N) is 1. The summed E-state index contributed by atoms with van der Waals surface area (Å²) in [5, 5.41) is 0. The molecule has 18 heavy (non-hydrogen) atoms. The summed E-state index contributed by atoms with van der Waals surface area (Å²) in [7, 11) is 0. The van der Waals surface area contributed by atoms with Gasteiger partial charge in [0.15, 0.2) is 0 Å². The number of pyridine rings is 1. The standard InChI is InChI=1S/C14H12FN3/c1-9-7-11(15)10(8-12(9)16)13-3-2-4-14-17-5-6-18(13)14/h2-8H,16H2,1H3. The molecule has 0 aliphatic rings. The topological polar surface area (TPSA) is 43.3 Å². The number of imidazole rings is 1. The first kappa shape index (κ1) is 10.8. The first-order chi connectivity index (χ1) is 8.66. The largest absolute Gasteiger partial charge is 0.398 e. The molecule has 0 amide bonds. The Morgan fingerprint density at radius 2 is 2.11 bits per heavy atom. The summed E-state index contributed by atoms with van der Waals surface area (Å²) in [5.74, 6) is -0.275. The number of aryl methyl sites for hydroxylation is 1. The third-order valence-electron chi connectivity index (χ3n) is 3.06. The maximum absolute atomic E-state index is 14.1. The molecule has 0 bridgehead atoms. The van der Waals surface area contributed by atoms with E-state index in [4.69, 9.17) is 5.73 Å². The van der Waals surface area contributed by atoms with Crippen molar-refractivity contribution in [3.8, 4) is 11.3 Å². The Morgan fingerprint density at radius 3 is 2.94 bits per heavy atom. The minimum absolute atomic E-state index is 0.275. The minimum Gasteiger partial charge on any atom is -0.398 e. The molecule has 0 atom stereocenters. The van der Waals surface area contributed by atoms with Crippen molar-refractivity contribution in [2.75, 3.05) is 5.73 Å². The number of fused-ring (bicyclic) bond motifs is 1. The van der Waals surface area contributed by atoms with Crippen molar-refractivity contribution in [1.29, 1.82) is 0 Å². The minimum atomic E-state index is -0.275. The van der Waals surface area contributed by atoms with E-state index in [1.165, 1.54) is 6.07 Å². The van der Waals surface area contributed by atoms with Crippen LogP contribution < -0.4 is 5.73 Å². The zero-order valence-electron chi connectivity index (χ0n) is 9.89. The number of hydrogen-bond acceptors (Lipinski definition) is 2. The van der Waals surface area contributed by atoms with Crippen molar-refractivity contribution in [1.82, 2.24) is 9.38 Å². The van der Waals surface area contributed by atoms with Gasteiger partial charge in [-0.3, -0.25) is 4.40 Å². The van der Waals surface area contributed by atoms with E-state index in [2.05, 4.69) is 4.98 Å². The molecular weight excluding hydrogens is 229 g/mol. The van der Waals surface area contributed by atoms with Crippen LogP contribution in [0.3, 0.4) is 0 Å². The first-order valence-electron chi connectivity index (χ1n) is 5.65. The van der Waals surface area contributed by atoms with E-state index in [-0.39, 0.29) is 5.82 Å². The fourth-order valence-electron chi connectivity index (χ4n) is 2.05. The monoisotopic (exact) mass is 241 g/mol. The molecule has 3 aromatic rings. The third-order valence-corrected chi connectivity index (χ3v) is 3.06. The lowest BCUT2D eigenvalue weighted by Crippen LogP contribution is -1.97. The van der Waals surface area contributed by atoms with Crippen molar-refractivity contribution in [3.05, 3.63) is 54.1 Å². The highest BCUT2D eigenvalue weighted by molar-refractivity contribution is 5.69. The first-order valence-corrected chi connectivity index (χ1v) is 5.65. The van der Waals surface area contributed by atoms with E-state index < -0.39 is 0 Å². The number of nitrogen functional groups attached to an aromatic ring is 1. The van der Waals surface area contributed by atoms with Gasteiger partial charge in [-0.2, -0.15) is 0 Å². The Kier molecular flexibility index (Phi) is 2.30. The summed E-state index contributed by atoms with van der Waals surface area (Å²) in [4.78, 5) is 4.18. The SMILES string of the molecule is Cc1cc(F)c(-c2cccc3nccn23)cc1N. The second-order valence-corrected chi connectivity index (χ2v) is 4.26. The predicted molar refractivity (Wildman–Crippen MR) is 69.7 cm³/mol. The molecule has 0 fully saturated rings. The van der Waals surface area contributed by atoms with Gasteiger partial charge in [0.25, 0.3) is 0 Å². The van der Waals surface area contributed by atoms with Crippen LogP contribution in [0.1, 0.15) is 5.56 Å². The molecule has 0 spiro atoms. The highest BCUT2D eigenvalue weighted by atomic mass is 19.1. The van der Waals surface area contributed by atoms with Crippen LogP contribution in [0.5, 0.6) is 0 Å². The van der Waals surface area contributed by atoms with Crippen molar-refractivity contribution >= 4 is 11.3 Å². The van der Waals surface area contributed by atoms with Crippen molar-refractivity contribution in [2.24, 2.45) is 0 Å². The zero-order valence-corrected chi connectivity index (χ0v) is 9.89. The van der Waals surface area contributed by atoms with Crippen LogP contribution in [-0.2, 0) is 0 Å². The smallest absolute Gasteiger partial charge is 0.137 e. The van der Waals surface area contributed by atoms with Crippen LogP contribution in [0.15, 0.2) is 42.7 Å². The summed E-state index contributed by atoms with van der Waals surface area (Å²) >= 11 is 0. The summed E-state index contributed by atoms with van der Waals surface area (Å²) in [6.07, 6.45) is 3.49. The van der Waals surface area contributed by atoms with E-state index in [9.17, 15) is 4.39 Å². The van der Waals surface area contributed by atoms with Gasteiger partial charge in [-0.15, -0.1) is 0 Å². The number of hydrogen-bond donors (Lipinski definition) is 1. The Morgan fingerprint density at radius 1 is 1.28 bits per heavy atom. The molecule has 2 N–H and O–H groups in total. The highest BCUT2D eigenvalue weighted by Gasteiger charge is 2.10. The molecule has 2 heterocycles. The number of halogens is 1. The number of benzene rings is 1. The molecule has 0 aliphatic heterocycles. The summed E-state index contributed by atoms with van der Waals surface area (Å²) in [5.41, 5.74) is 9.20. The maximum atomic E-state index is 14.1. The fraction of sp³-hybridized carbons (Fsp3) is 0.0714. The van der Waals surface area contributed by atoms with Crippen LogP contribution in [0.2, 0.25) is 0 Å². The average molecular weight is 241 g/mol. The third kappa shape index (κ3) is 1.54. The summed E-state index contributed by atoms with van der Waals surface area (Å²) < 4.78 is 15.9. The molecule has 3 nitrogen and oxygen atoms in total. The van der Waals surface area contributed by atoms with E-state index in [1.807, 2.05) is 22.6 Å². The van der Waals surface area contributed by atoms with Gasteiger partial charge in [0.05, 0.1) is 5.69 Å².